The average molecular weight is 316 g/mol. The van der Waals surface area contributed by atoms with Crippen molar-refractivity contribution in [1.82, 2.24) is 0 Å². The van der Waals surface area contributed by atoms with Crippen molar-refractivity contribution >= 4 is 11.8 Å². The van der Waals surface area contributed by atoms with Crippen molar-refractivity contribution < 1.29 is 18.7 Å². The number of ketones is 1. The number of ether oxygens (including phenoxy) is 1. The molecule has 1 aliphatic rings. The van der Waals surface area contributed by atoms with Gasteiger partial charge in [0, 0.05) is 6.42 Å². The van der Waals surface area contributed by atoms with Crippen LogP contribution >= 0.6 is 0 Å². The SMILES string of the molecule is CC1CC=CC(F)=C1CC(=O)OC(C)C(=O)Cc1ccccc1. The van der Waals surface area contributed by atoms with Gasteiger partial charge >= 0.3 is 5.97 Å². The van der Waals surface area contributed by atoms with Crippen molar-refractivity contribution in [2.75, 3.05) is 0 Å². The predicted molar refractivity (Wildman–Crippen MR) is 86.4 cm³/mol. The number of hydrogen-bond acceptors (Lipinski definition) is 3. The second-order valence-electron chi connectivity index (χ2n) is 5.85. The maximum atomic E-state index is 13.8. The Morgan fingerprint density at radius 3 is 2.61 bits per heavy atom. The molecule has 0 aliphatic heterocycles. The predicted octanol–water partition coefficient (Wildman–Crippen LogP) is 3.94. The van der Waals surface area contributed by atoms with Crippen LogP contribution in [0, 0.1) is 5.92 Å². The average Bonchev–Trinajstić information content (AvgIpc) is 2.52. The maximum Gasteiger partial charge on any atom is 0.310 e. The maximum absolute atomic E-state index is 13.8. The Morgan fingerprint density at radius 1 is 1.26 bits per heavy atom. The zero-order chi connectivity index (χ0) is 16.8. The van der Waals surface area contributed by atoms with Crippen LogP contribution < -0.4 is 0 Å². The molecule has 23 heavy (non-hydrogen) atoms. The smallest absolute Gasteiger partial charge is 0.310 e. The molecular weight excluding hydrogens is 295 g/mol. The molecule has 0 amide bonds. The lowest BCUT2D eigenvalue weighted by atomic mass is 9.90. The molecular formula is C19H21FO3. The highest BCUT2D eigenvalue weighted by atomic mass is 19.1. The van der Waals surface area contributed by atoms with Crippen molar-refractivity contribution in [2.24, 2.45) is 5.92 Å². The van der Waals surface area contributed by atoms with E-state index in [-0.39, 0.29) is 30.4 Å². The van der Waals surface area contributed by atoms with Gasteiger partial charge in [-0.1, -0.05) is 43.3 Å². The first-order valence-electron chi connectivity index (χ1n) is 7.78. The largest absolute Gasteiger partial charge is 0.454 e. The minimum absolute atomic E-state index is 0.0251. The number of rotatable bonds is 6. The number of esters is 1. The van der Waals surface area contributed by atoms with Gasteiger partial charge in [0.1, 0.15) is 5.83 Å². The lowest BCUT2D eigenvalue weighted by molar-refractivity contribution is -0.153. The van der Waals surface area contributed by atoms with Crippen molar-refractivity contribution in [1.29, 1.82) is 0 Å². The van der Waals surface area contributed by atoms with Gasteiger partial charge in [0.25, 0.3) is 0 Å². The summed E-state index contributed by atoms with van der Waals surface area (Å²) in [6.45, 7) is 3.42. The van der Waals surface area contributed by atoms with E-state index in [0.29, 0.717) is 12.0 Å². The lowest BCUT2D eigenvalue weighted by Crippen LogP contribution is -2.26. The molecule has 1 aromatic carbocycles. The summed E-state index contributed by atoms with van der Waals surface area (Å²) >= 11 is 0. The van der Waals surface area contributed by atoms with Crippen LogP contribution in [0.5, 0.6) is 0 Å². The zero-order valence-corrected chi connectivity index (χ0v) is 13.4. The van der Waals surface area contributed by atoms with Crippen LogP contribution in [0.15, 0.2) is 53.9 Å². The third-order valence-corrected chi connectivity index (χ3v) is 3.97. The molecule has 0 saturated carbocycles. The van der Waals surface area contributed by atoms with Crippen LogP contribution in [0.25, 0.3) is 0 Å². The van der Waals surface area contributed by atoms with Crippen LogP contribution in [-0.4, -0.2) is 17.9 Å². The number of carbonyl (C=O) groups is 2. The highest BCUT2D eigenvalue weighted by Crippen LogP contribution is 2.28. The molecule has 2 atom stereocenters. The number of Topliss-reactive ketones (excluding diaryl/α,β-unsaturated/α-hetero) is 1. The van der Waals surface area contributed by atoms with E-state index in [2.05, 4.69) is 0 Å². The molecule has 1 aliphatic carbocycles. The number of carbonyl (C=O) groups excluding carboxylic acids is 2. The first-order valence-corrected chi connectivity index (χ1v) is 7.78. The van der Waals surface area contributed by atoms with Gasteiger partial charge in [0.2, 0.25) is 0 Å². The van der Waals surface area contributed by atoms with E-state index in [1.807, 2.05) is 37.3 Å². The normalized spacial score (nSPS) is 18.7. The molecule has 2 unspecified atom stereocenters. The Morgan fingerprint density at radius 2 is 1.96 bits per heavy atom. The summed E-state index contributed by atoms with van der Waals surface area (Å²) in [5, 5.41) is 0. The van der Waals surface area contributed by atoms with E-state index in [9.17, 15) is 14.0 Å². The molecule has 1 aromatic rings. The van der Waals surface area contributed by atoms with Crippen molar-refractivity contribution in [2.45, 2.75) is 39.2 Å². The van der Waals surface area contributed by atoms with E-state index in [1.165, 1.54) is 6.08 Å². The topological polar surface area (TPSA) is 43.4 Å². The third kappa shape index (κ3) is 4.88. The quantitative estimate of drug-likeness (QED) is 0.747. The van der Waals surface area contributed by atoms with Crippen LogP contribution in [0.1, 0.15) is 32.3 Å². The molecule has 0 N–H and O–H groups in total. The number of hydrogen-bond donors (Lipinski definition) is 0. The second kappa shape index (κ2) is 7.86. The van der Waals surface area contributed by atoms with Crippen molar-refractivity contribution in [3.8, 4) is 0 Å². The molecule has 0 radical (unpaired) electrons. The summed E-state index contributed by atoms with van der Waals surface area (Å²) in [5.74, 6) is -1.13. The summed E-state index contributed by atoms with van der Waals surface area (Å²) < 4.78 is 18.9. The lowest BCUT2D eigenvalue weighted by Gasteiger charge is -2.19. The molecule has 0 fully saturated rings. The molecule has 3 nitrogen and oxygen atoms in total. The summed E-state index contributed by atoms with van der Waals surface area (Å²) in [4.78, 5) is 24.1. The monoisotopic (exact) mass is 316 g/mol. The minimum Gasteiger partial charge on any atom is -0.454 e. The highest BCUT2D eigenvalue weighted by Gasteiger charge is 2.23. The summed E-state index contributed by atoms with van der Waals surface area (Å²) in [7, 11) is 0. The number of benzene rings is 1. The molecule has 2 rings (SSSR count). The summed E-state index contributed by atoms with van der Waals surface area (Å²) in [6, 6.07) is 9.28. The second-order valence-corrected chi connectivity index (χ2v) is 5.85. The van der Waals surface area contributed by atoms with E-state index in [4.69, 9.17) is 4.74 Å². The zero-order valence-electron chi connectivity index (χ0n) is 13.4. The van der Waals surface area contributed by atoms with Gasteiger partial charge in [-0.25, -0.2) is 4.39 Å². The fourth-order valence-electron chi connectivity index (χ4n) is 2.52. The Bertz CT molecular complexity index is 631. The molecule has 0 aromatic heterocycles. The Labute approximate surface area is 135 Å². The van der Waals surface area contributed by atoms with Gasteiger partial charge < -0.3 is 4.74 Å². The summed E-state index contributed by atoms with van der Waals surface area (Å²) in [6.07, 6.45) is 3.11. The first-order chi connectivity index (χ1) is 11.0. The fourth-order valence-corrected chi connectivity index (χ4v) is 2.52. The van der Waals surface area contributed by atoms with Gasteiger partial charge in [-0.3, -0.25) is 9.59 Å². The van der Waals surface area contributed by atoms with E-state index in [1.54, 1.807) is 13.0 Å². The van der Waals surface area contributed by atoms with Crippen molar-refractivity contribution in [3.63, 3.8) is 0 Å². The minimum atomic E-state index is -0.833. The molecule has 0 heterocycles. The molecule has 0 saturated heterocycles. The van der Waals surface area contributed by atoms with Crippen LogP contribution in [0.4, 0.5) is 4.39 Å². The fraction of sp³-hybridized carbons (Fsp3) is 0.368. The van der Waals surface area contributed by atoms with Gasteiger partial charge in [-0.15, -0.1) is 0 Å². The Kier molecular flexibility index (Phi) is 5.85. The van der Waals surface area contributed by atoms with Crippen LogP contribution in [0.2, 0.25) is 0 Å². The van der Waals surface area contributed by atoms with Gasteiger partial charge in [-0.2, -0.15) is 0 Å². The van der Waals surface area contributed by atoms with E-state index in [0.717, 1.165) is 5.56 Å². The number of halogens is 1. The van der Waals surface area contributed by atoms with Crippen molar-refractivity contribution in [3.05, 3.63) is 59.4 Å². The molecule has 4 heteroatoms. The first kappa shape index (κ1) is 17.1. The summed E-state index contributed by atoms with van der Waals surface area (Å²) in [5.41, 5.74) is 1.32. The molecule has 0 bridgehead atoms. The number of allylic oxidation sites excluding steroid dienone is 3. The standard InChI is InChI=1S/C19H21FO3/c1-13-7-6-10-17(20)16(13)12-19(22)23-14(2)18(21)11-15-8-4-3-5-9-15/h3-6,8-10,13-14H,7,11-12H2,1-2H3. The van der Waals surface area contributed by atoms with E-state index >= 15 is 0 Å². The van der Waals surface area contributed by atoms with Gasteiger partial charge in [0.05, 0.1) is 6.42 Å². The van der Waals surface area contributed by atoms with Gasteiger partial charge in [-0.05, 0) is 36.5 Å². The molecule has 0 spiro atoms. The Hall–Kier alpha value is -2.23. The highest BCUT2D eigenvalue weighted by molar-refractivity contribution is 5.87. The van der Waals surface area contributed by atoms with Gasteiger partial charge in [0.15, 0.2) is 11.9 Å². The van der Waals surface area contributed by atoms with Crippen LogP contribution in [0.3, 0.4) is 0 Å². The third-order valence-electron chi connectivity index (χ3n) is 3.97. The molecule has 122 valence electrons. The van der Waals surface area contributed by atoms with Crippen LogP contribution in [-0.2, 0) is 20.7 Å². The van der Waals surface area contributed by atoms with E-state index < -0.39 is 12.1 Å². The Balaban J connectivity index is 1.89.